The lowest BCUT2D eigenvalue weighted by Crippen LogP contribution is -2.43. The van der Waals surface area contributed by atoms with E-state index in [0.29, 0.717) is 57.2 Å². The standard InChI is InChI=1S/C24H30N2O5S/c1-18(19-6-3-2-4-7-19)17-25-24(27)20-10-12-26(13-11-20)32(28,29)21-8-9-22-23(16-21)31-15-5-14-30-22/h2-4,6-9,16,18,20H,5,10-15,17H2,1H3,(H,25,27)/t18-/m1/s1. The van der Waals surface area contributed by atoms with E-state index < -0.39 is 10.0 Å². The van der Waals surface area contributed by atoms with Crippen molar-refractivity contribution in [3.8, 4) is 11.5 Å². The van der Waals surface area contributed by atoms with Crippen molar-refractivity contribution in [1.29, 1.82) is 0 Å². The Labute approximate surface area is 189 Å². The fourth-order valence-corrected chi connectivity index (χ4v) is 5.59. The predicted octanol–water partition coefficient (Wildman–Crippen LogP) is 3.17. The molecule has 0 unspecified atom stereocenters. The van der Waals surface area contributed by atoms with Crippen molar-refractivity contribution in [3.05, 3.63) is 54.1 Å². The van der Waals surface area contributed by atoms with Gasteiger partial charge in [0, 0.05) is 38.0 Å². The number of fused-ring (bicyclic) bond motifs is 1. The second-order valence-electron chi connectivity index (χ2n) is 8.39. The van der Waals surface area contributed by atoms with Crippen molar-refractivity contribution in [2.24, 2.45) is 5.92 Å². The first-order chi connectivity index (χ1) is 15.4. The number of amides is 1. The molecule has 2 aromatic carbocycles. The number of piperidine rings is 1. The maximum atomic E-state index is 13.1. The molecule has 0 aromatic heterocycles. The monoisotopic (exact) mass is 458 g/mol. The summed E-state index contributed by atoms with van der Waals surface area (Å²) < 4.78 is 39.0. The highest BCUT2D eigenvalue weighted by molar-refractivity contribution is 7.89. The van der Waals surface area contributed by atoms with Gasteiger partial charge >= 0.3 is 0 Å². The largest absolute Gasteiger partial charge is 0.490 e. The van der Waals surface area contributed by atoms with Crippen LogP contribution in [0.15, 0.2) is 53.4 Å². The van der Waals surface area contributed by atoms with Gasteiger partial charge in [-0.2, -0.15) is 4.31 Å². The Morgan fingerprint density at radius 1 is 1.06 bits per heavy atom. The molecule has 1 fully saturated rings. The molecule has 4 rings (SSSR count). The highest BCUT2D eigenvalue weighted by Gasteiger charge is 2.32. The SMILES string of the molecule is C[C@H](CNC(=O)C1CCN(S(=O)(=O)c2ccc3c(c2)OCCCO3)CC1)c1ccccc1. The highest BCUT2D eigenvalue weighted by Crippen LogP contribution is 2.33. The summed E-state index contributed by atoms with van der Waals surface area (Å²) in [5.41, 5.74) is 1.18. The van der Waals surface area contributed by atoms with Gasteiger partial charge in [-0.15, -0.1) is 0 Å². The van der Waals surface area contributed by atoms with Gasteiger partial charge in [0.05, 0.1) is 18.1 Å². The molecule has 8 heteroatoms. The predicted molar refractivity (Wildman–Crippen MR) is 121 cm³/mol. The minimum Gasteiger partial charge on any atom is -0.490 e. The smallest absolute Gasteiger partial charge is 0.243 e. The summed E-state index contributed by atoms with van der Waals surface area (Å²) in [6.45, 7) is 4.35. The summed E-state index contributed by atoms with van der Waals surface area (Å²) in [7, 11) is -3.65. The second kappa shape index (κ2) is 9.92. The van der Waals surface area contributed by atoms with Gasteiger partial charge in [0.25, 0.3) is 0 Å². The second-order valence-corrected chi connectivity index (χ2v) is 10.3. The summed E-state index contributed by atoms with van der Waals surface area (Å²) in [6, 6.07) is 14.8. The third-order valence-corrected chi connectivity index (χ3v) is 8.03. The van der Waals surface area contributed by atoms with Crippen LogP contribution in [0.3, 0.4) is 0 Å². The zero-order valence-corrected chi connectivity index (χ0v) is 19.1. The Morgan fingerprint density at radius 3 is 2.47 bits per heavy atom. The van der Waals surface area contributed by atoms with E-state index in [0.717, 1.165) is 6.42 Å². The number of nitrogens with zero attached hydrogens (tertiary/aromatic N) is 1. The summed E-state index contributed by atoms with van der Waals surface area (Å²) in [5.74, 6) is 1.08. The summed E-state index contributed by atoms with van der Waals surface area (Å²) in [6.07, 6.45) is 1.78. The maximum absolute atomic E-state index is 13.1. The number of benzene rings is 2. The molecule has 2 aromatic rings. The molecule has 0 aliphatic carbocycles. The molecule has 7 nitrogen and oxygen atoms in total. The van der Waals surface area contributed by atoms with Crippen LogP contribution >= 0.6 is 0 Å². The van der Waals surface area contributed by atoms with Crippen molar-refractivity contribution >= 4 is 15.9 Å². The Morgan fingerprint density at radius 2 is 1.75 bits per heavy atom. The summed E-state index contributed by atoms with van der Waals surface area (Å²) in [4.78, 5) is 12.8. The normalized spacial score (nSPS) is 18.5. The van der Waals surface area contributed by atoms with Gasteiger partial charge in [-0.25, -0.2) is 8.42 Å². The molecule has 0 spiro atoms. The molecule has 1 amide bonds. The molecular formula is C24H30N2O5S. The first-order valence-electron chi connectivity index (χ1n) is 11.2. The van der Waals surface area contributed by atoms with E-state index in [-0.39, 0.29) is 22.6 Å². The van der Waals surface area contributed by atoms with Crippen molar-refractivity contribution in [1.82, 2.24) is 9.62 Å². The fourth-order valence-electron chi connectivity index (χ4n) is 4.11. The van der Waals surface area contributed by atoms with E-state index in [4.69, 9.17) is 9.47 Å². The lowest BCUT2D eigenvalue weighted by Gasteiger charge is -2.31. The molecule has 0 bridgehead atoms. The van der Waals surface area contributed by atoms with Gasteiger partial charge in [-0.05, 0) is 36.5 Å². The van der Waals surface area contributed by atoms with E-state index in [2.05, 4.69) is 24.4 Å². The molecule has 1 saturated heterocycles. The maximum Gasteiger partial charge on any atom is 0.243 e. The molecule has 0 radical (unpaired) electrons. The van der Waals surface area contributed by atoms with Crippen molar-refractivity contribution < 1.29 is 22.7 Å². The summed E-state index contributed by atoms with van der Waals surface area (Å²) in [5, 5.41) is 3.04. The van der Waals surface area contributed by atoms with Gasteiger partial charge in [0.2, 0.25) is 15.9 Å². The summed E-state index contributed by atoms with van der Waals surface area (Å²) >= 11 is 0. The minimum atomic E-state index is -3.65. The van der Waals surface area contributed by atoms with Gasteiger partial charge < -0.3 is 14.8 Å². The molecule has 2 aliphatic rings. The van der Waals surface area contributed by atoms with Crippen LogP contribution in [-0.4, -0.2) is 51.5 Å². The van der Waals surface area contributed by atoms with E-state index >= 15 is 0 Å². The van der Waals surface area contributed by atoms with Gasteiger partial charge in [0.15, 0.2) is 11.5 Å². The Kier molecular flexibility index (Phi) is 7.01. The van der Waals surface area contributed by atoms with Crippen molar-refractivity contribution in [3.63, 3.8) is 0 Å². The van der Waals surface area contributed by atoms with E-state index in [1.165, 1.54) is 9.87 Å². The van der Waals surface area contributed by atoms with E-state index in [1.54, 1.807) is 18.2 Å². The van der Waals surface area contributed by atoms with Crippen LogP contribution in [0.1, 0.15) is 37.7 Å². The van der Waals surface area contributed by atoms with Gasteiger partial charge in [0.1, 0.15) is 0 Å². The topological polar surface area (TPSA) is 84.9 Å². The number of hydrogen-bond acceptors (Lipinski definition) is 5. The van der Waals surface area contributed by atoms with E-state index in [1.807, 2.05) is 18.2 Å². The van der Waals surface area contributed by atoms with Crippen LogP contribution in [-0.2, 0) is 14.8 Å². The zero-order valence-electron chi connectivity index (χ0n) is 18.3. The molecule has 172 valence electrons. The molecule has 0 saturated carbocycles. The van der Waals surface area contributed by atoms with Crippen molar-refractivity contribution in [2.45, 2.75) is 37.0 Å². The number of carbonyl (C=O) groups is 1. The number of sulfonamides is 1. The molecule has 1 atom stereocenters. The van der Waals surface area contributed by atoms with Crippen LogP contribution in [0.25, 0.3) is 0 Å². The zero-order chi connectivity index (χ0) is 22.6. The van der Waals surface area contributed by atoms with E-state index in [9.17, 15) is 13.2 Å². The molecule has 2 heterocycles. The average Bonchev–Trinajstić information content (AvgIpc) is 3.08. The lowest BCUT2D eigenvalue weighted by atomic mass is 9.96. The Balaban J connectivity index is 1.32. The first-order valence-corrected chi connectivity index (χ1v) is 12.6. The molecule has 2 aliphatic heterocycles. The third kappa shape index (κ3) is 5.07. The number of carbonyl (C=O) groups excluding carboxylic acids is 1. The molecule has 1 N–H and O–H groups in total. The lowest BCUT2D eigenvalue weighted by molar-refractivity contribution is -0.126. The number of hydrogen-bond donors (Lipinski definition) is 1. The van der Waals surface area contributed by atoms with Crippen LogP contribution in [0.4, 0.5) is 0 Å². The first kappa shape index (κ1) is 22.6. The number of ether oxygens (including phenoxy) is 2. The van der Waals surface area contributed by atoms with Crippen molar-refractivity contribution in [2.75, 3.05) is 32.8 Å². The van der Waals surface area contributed by atoms with Crippen LogP contribution in [0, 0.1) is 5.92 Å². The Hall–Kier alpha value is -2.58. The highest BCUT2D eigenvalue weighted by atomic mass is 32.2. The number of nitrogens with one attached hydrogen (secondary N) is 1. The quantitative estimate of drug-likeness (QED) is 0.719. The average molecular weight is 459 g/mol. The Bertz CT molecular complexity index is 1030. The fraction of sp³-hybridized carbons (Fsp3) is 0.458. The van der Waals surface area contributed by atoms with Crippen LogP contribution in [0.2, 0.25) is 0 Å². The minimum absolute atomic E-state index is 0.000378. The molecular weight excluding hydrogens is 428 g/mol. The van der Waals surface area contributed by atoms with Crippen LogP contribution in [0.5, 0.6) is 11.5 Å². The van der Waals surface area contributed by atoms with Crippen LogP contribution < -0.4 is 14.8 Å². The van der Waals surface area contributed by atoms with Gasteiger partial charge in [-0.3, -0.25) is 4.79 Å². The third-order valence-electron chi connectivity index (χ3n) is 6.13. The van der Waals surface area contributed by atoms with Gasteiger partial charge in [-0.1, -0.05) is 37.3 Å². The number of rotatable bonds is 6. The molecule has 32 heavy (non-hydrogen) atoms.